The number of nitrogens with zero attached hydrogens (tertiary/aromatic N) is 1. The minimum absolute atomic E-state index is 0.0280. The third kappa shape index (κ3) is 3.87. The van der Waals surface area contributed by atoms with E-state index in [1.54, 1.807) is 0 Å². The first kappa shape index (κ1) is 19.6. The van der Waals surface area contributed by atoms with Crippen LogP contribution in [0.2, 0.25) is 0 Å². The number of thioether (sulfide) groups is 1. The number of fused-ring (bicyclic) bond motifs is 2. The molecule has 1 aromatic rings. The van der Waals surface area contributed by atoms with E-state index in [9.17, 15) is 22.8 Å². The minimum Gasteiger partial charge on any atom is -0.374 e. The number of rotatable bonds is 2. The Morgan fingerprint density at radius 3 is 2.86 bits per heavy atom. The highest BCUT2D eigenvalue weighted by Gasteiger charge is 2.39. The molecule has 3 atom stereocenters. The van der Waals surface area contributed by atoms with Gasteiger partial charge in [-0.1, -0.05) is 12.8 Å². The van der Waals surface area contributed by atoms with E-state index in [2.05, 4.69) is 5.32 Å². The number of amides is 2. The third-order valence-corrected chi connectivity index (χ3v) is 6.81. The Morgan fingerprint density at radius 1 is 1.29 bits per heavy atom. The zero-order chi connectivity index (χ0) is 19.9. The van der Waals surface area contributed by atoms with Crippen molar-refractivity contribution >= 4 is 29.3 Å². The van der Waals surface area contributed by atoms with E-state index in [1.165, 1.54) is 6.07 Å². The standard InChI is InChI=1S/C19H21F3N2O3S/c20-19(21,22)11-5-6-15-12(9-11)23-18(26)16(28-15)10-17(25)24-7-8-27-14-4-2-1-3-13(14)24/h5-6,9,13-14,16H,1-4,7-8,10H2,(H,23,26)/t13-,14-,16+/m0/s1. The lowest BCUT2D eigenvalue weighted by molar-refractivity contribution is -0.150. The Morgan fingerprint density at radius 2 is 2.07 bits per heavy atom. The van der Waals surface area contributed by atoms with Crippen molar-refractivity contribution < 1.29 is 27.5 Å². The average Bonchev–Trinajstić information content (AvgIpc) is 2.67. The molecule has 2 amide bonds. The Balaban J connectivity index is 1.45. The number of nitrogens with one attached hydrogen (secondary N) is 1. The average molecular weight is 414 g/mol. The quantitative estimate of drug-likeness (QED) is 0.802. The summed E-state index contributed by atoms with van der Waals surface area (Å²) in [4.78, 5) is 27.7. The topological polar surface area (TPSA) is 58.6 Å². The number of hydrogen-bond donors (Lipinski definition) is 1. The van der Waals surface area contributed by atoms with Crippen molar-refractivity contribution in [3.8, 4) is 0 Å². The fourth-order valence-electron chi connectivity index (χ4n) is 4.14. The lowest BCUT2D eigenvalue weighted by Crippen LogP contribution is -2.55. The van der Waals surface area contributed by atoms with Gasteiger partial charge in [0.25, 0.3) is 0 Å². The first-order valence-corrected chi connectivity index (χ1v) is 10.3. The molecule has 3 aliphatic rings. The molecule has 0 bridgehead atoms. The van der Waals surface area contributed by atoms with E-state index in [0.717, 1.165) is 49.6 Å². The van der Waals surface area contributed by atoms with Gasteiger partial charge in [-0.15, -0.1) is 11.8 Å². The van der Waals surface area contributed by atoms with Gasteiger partial charge in [-0.2, -0.15) is 13.2 Å². The molecule has 152 valence electrons. The van der Waals surface area contributed by atoms with Crippen molar-refractivity contribution in [2.24, 2.45) is 0 Å². The van der Waals surface area contributed by atoms with Crippen LogP contribution in [0.5, 0.6) is 0 Å². The van der Waals surface area contributed by atoms with E-state index in [4.69, 9.17) is 4.74 Å². The van der Waals surface area contributed by atoms with Crippen molar-refractivity contribution in [3.05, 3.63) is 23.8 Å². The molecule has 2 fully saturated rings. The zero-order valence-electron chi connectivity index (χ0n) is 15.1. The molecule has 2 aliphatic heterocycles. The van der Waals surface area contributed by atoms with Gasteiger partial charge in [0.05, 0.1) is 35.3 Å². The Hall–Kier alpha value is -1.74. The number of carbonyl (C=O) groups is 2. The van der Waals surface area contributed by atoms with Crippen LogP contribution in [0.4, 0.5) is 18.9 Å². The van der Waals surface area contributed by atoms with E-state index in [0.29, 0.717) is 18.0 Å². The molecule has 0 spiro atoms. The molecule has 1 aromatic carbocycles. The van der Waals surface area contributed by atoms with Crippen LogP contribution in [0.25, 0.3) is 0 Å². The van der Waals surface area contributed by atoms with Crippen molar-refractivity contribution in [2.75, 3.05) is 18.5 Å². The molecule has 0 unspecified atom stereocenters. The van der Waals surface area contributed by atoms with Crippen LogP contribution in [0.15, 0.2) is 23.1 Å². The molecule has 9 heteroatoms. The summed E-state index contributed by atoms with van der Waals surface area (Å²) in [6.45, 7) is 1.02. The van der Waals surface area contributed by atoms with Crippen molar-refractivity contribution in [3.63, 3.8) is 0 Å². The summed E-state index contributed by atoms with van der Waals surface area (Å²) in [5.74, 6) is -0.526. The summed E-state index contributed by atoms with van der Waals surface area (Å²) in [7, 11) is 0. The van der Waals surface area contributed by atoms with Gasteiger partial charge in [0.2, 0.25) is 11.8 Å². The molecule has 4 rings (SSSR count). The third-order valence-electron chi connectivity index (χ3n) is 5.54. The number of benzene rings is 1. The summed E-state index contributed by atoms with van der Waals surface area (Å²) < 4.78 is 44.4. The summed E-state index contributed by atoms with van der Waals surface area (Å²) in [6.07, 6.45) is -0.362. The van der Waals surface area contributed by atoms with Gasteiger partial charge in [0.15, 0.2) is 0 Å². The lowest BCUT2D eigenvalue weighted by atomic mass is 9.90. The number of alkyl halides is 3. The van der Waals surface area contributed by atoms with Crippen LogP contribution in [-0.2, 0) is 20.5 Å². The molecule has 1 saturated carbocycles. The Kier molecular flexibility index (Phi) is 5.30. The van der Waals surface area contributed by atoms with E-state index in [-0.39, 0.29) is 30.2 Å². The Bertz CT molecular complexity index is 784. The van der Waals surface area contributed by atoms with Gasteiger partial charge >= 0.3 is 6.18 Å². The van der Waals surface area contributed by atoms with E-state index < -0.39 is 22.9 Å². The molecule has 1 saturated heterocycles. The molecular formula is C19H21F3N2O3S. The van der Waals surface area contributed by atoms with Crippen molar-refractivity contribution in [1.29, 1.82) is 0 Å². The monoisotopic (exact) mass is 414 g/mol. The maximum atomic E-state index is 12.9. The normalized spacial score (nSPS) is 27.6. The highest BCUT2D eigenvalue weighted by Crippen LogP contribution is 2.41. The van der Waals surface area contributed by atoms with Crippen LogP contribution in [0, 0.1) is 0 Å². The van der Waals surface area contributed by atoms with Gasteiger partial charge in [-0.05, 0) is 31.0 Å². The van der Waals surface area contributed by atoms with Gasteiger partial charge in [0.1, 0.15) is 0 Å². The number of morpholine rings is 1. The smallest absolute Gasteiger partial charge is 0.374 e. The molecule has 2 heterocycles. The highest BCUT2D eigenvalue weighted by molar-refractivity contribution is 8.01. The zero-order valence-corrected chi connectivity index (χ0v) is 15.9. The van der Waals surface area contributed by atoms with Gasteiger partial charge in [0, 0.05) is 17.9 Å². The summed E-state index contributed by atoms with van der Waals surface area (Å²) in [6, 6.07) is 3.35. The molecule has 28 heavy (non-hydrogen) atoms. The number of hydrogen-bond acceptors (Lipinski definition) is 4. The van der Waals surface area contributed by atoms with Gasteiger partial charge < -0.3 is 15.0 Å². The van der Waals surface area contributed by atoms with Crippen molar-refractivity contribution in [2.45, 2.75) is 60.6 Å². The molecular weight excluding hydrogens is 393 g/mol. The largest absolute Gasteiger partial charge is 0.416 e. The van der Waals surface area contributed by atoms with Crippen LogP contribution < -0.4 is 5.32 Å². The number of halogens is 3. The number of ether oxygens (including phenoxy) is 1. The molecule has 0 aromatic heterocycles. The second-order valence-corrected chi connectivity index (χ2v) is 8.60. The fourth-order valence-corrected chi connectivity index (χ4v) is 5.23. The van der Waals surface area contributed by atoms with Crippen LogP contribution in [0.3, 0.4) is 0 Å². The van der Waals surface area contributed by atoms with E-state index >= 15 is 0 Å². The predicted octanol–water partition coefficient (Wildman–Crippen LogP) is 3.68. The molecule has 0 radical (unpaired) electrons. The summed E-state index contributed by atoms with van der Waals surface area (Å²) in [5.41, 5.74) is -0.662. The van der Waals surface area contributed by atoms with E-state index in [1.807, 2.05) is 4.90 Å². The first-order chi connectivity index (χ1) is 13.3. The second kappa shape index (κ2) is 7.59. The predicted molar refractivity (Wildman–Crippen MR) is 98.0 cm³/mol. The van der Waals surface area contributed by atoms with Gasteiger partial charge in [-0.3, -0.25) is 9.59 Å². The van der Waals surface area contributed by atoms with Crippen LogP contribution in [0.1, 0.15) is 37.7 Å². The second-order valence-electron chi connectivity index (χ2n) is 7.36. The Labute approximate surface area is 165 Å². The lowest BCUT2D eigenvalue weighted by Gasteiger charge is -2.44. The SMILES string of the molecule is O=C1Nc2cc(C(F)(F)F)ccc2S[C@@H]1CC(=O)N1CCO[C@H]2CCCC[C@@H]21. The summed E-state index contributed by atoms with van der Waals surface area (Å²) in [5, 5.41) is 1.88. The number of anilines is 1. The maximum Gasteiger partial charge on any atom is 0.416 e. The number of carbonyl (C=O) groups excluding carboxylic acids is 2. The maximum absolute atomic E-state index is 12.9. The highest BCUT2D eigenvalue weighted by atomic mass is 32.2. The minimum atomic E-state index is -4.47. The molecule has 1 N–H and O–H groups in total. The van der Waals surface area contributed by atoms with Crippen LogP contribution in [-0.4, -0.2) is 47.3 Å². The van der Waals surface area contributed by atoms with Gasteiger partial charge in [-0.25, -0.2) is 0 Å². The molecule has 5 nitrogen and oxygen atoms in total. The van der Waals surface area contributed by atoms with Crippen molar-refractivity contribution in [1.82, 2.24) is 4.90 Å². The molecule has 1 aliphatic carbocycles. The fraction of sp³-hybridized carbons (Fsp3) is 0.579. The summed E-state index contributed by atoms with van der Waals surface area (Å²) >= 11 is 1.15. The van der Waals surface area contributed by atoms with Crippen LogP contribution >= 0.6 is 11.8 Å². The first-order valence-electron chi connectivity index (χ1n) is 9.43.